The Morgan fingerprint density at radius 1 is 1.27 bits per heavy atom. The number of aliphatic hydroxyl groups is 2. The van der Waals surface area contributed by atoms with Gasteiger partial charge in [0.25, 0.3) is 0 Å². The van der Waals surface area contributed by atoms with Crippen molar-refractivity contribution in [2.24, 2.45) is 32.7 Å². The van der Waals surface area contributed by atoms with Crippen LogP contribution in [0.1, 0.15) is 58.9 Å². The number of esters is 2. The van der Waals surface area contributed by atoms with Gasteiger partial charge < -0.3 is 35.5 Å². The predicted octanol–water partition coefficient (Wildman–Crippen LogP) is 1.73. The second kappa shape index (κ2) is 13.3. The molecule has 0 aromatic carbocycles. The summed E-state index contributed by atoms with van der Waals surface area (Å²) >= 11 is 0. The number of nitrogens with two attached hydrogens (primary N) is 1. The van der Waals surface area contributed by atoms with Gasteiger partial charge in [0.1, 0.15) is 22.8 Å². The van der Waals surface area contributed by atoms with Crippen LogP contribution in [0, 0.1) is 22.7 Å². The number of Topliss-reactive ketones (excluding diaryl/α,β-unsaturated/α-hetero) is 1. The summed E-state index contributed by atoms with van der Waals surface area (Å²) in [6.45, 7) is 8.35. The number of anilines is 1. The van der Waals surface area contributed by atoms with Gasteiger partial charge >= 0.3 is 11.9 Å². The minimum Gasteiger partial charge on any atom is -0.462 e. The van der Waals surface area contributed by atoms with Crippen LogP contribution in [0.15, 0.2) is 51.9 Å². The van der Waals surface area contributed by atoms with Crippen LogP contribution in [-0.2, 0) is 28.6 Å². The summed E-state index contributed by atoms with van der Waals surface area (Å²) < 4.78 is 17.2. The Balaban J connectivity index is 1.35. The van der Waals surface area contributed by atoms with E-state index in [0.29, 0.717) is 38.2 Å². The first-order valence-corrected chi connectivity index (χ1v) is 16.7. The highest BCUT2D eigenvalue weighted by molar-refractivity contribution is 6.18. The number of aliphatic imine (C=N–C) groups is 2. The first-order valence-electron chi connectivity index (χ1n) is 16.7. The molecule has 14 nitrogen and oxygen atoms in total. The Kier molecular flexibility index (Phi) is 9.44. The molecule has 1 aromatic heterocycles. The maximum Gasteiger partial charge on any atom is 0.343 e. The van der Waals surface area contributed by atoms with E-state index in [1.165, 1.54) is 18.5 Å². The van der Waals surface area contributed by atoms with Gasteiger partial charge in [0.15, 0.2) is 5.78 Å². The number of cyclic esters (lactones) is 1. The lowest BCUT2D eigenvalue weighted by Crippen LogP contribution is -2.67. The Hall–Kier alpha value is -4.11. The van der Waals surface area contributed by atoms with Crippen molar-refractivity contribution < 1.29 is 38.8 Å². The number of nitrogens with one attached hydrogen (secondary N) is 1. The Morgan fingerprint density at radius 2 is 2.00 bits per heavy atom. The molecule has 3 fully saturated rings. The van der Waals surface area contributed by atoms with Crippen molar-refractivity contribution in [2.45, 2.75) is 77.2 Å². The fourth-order valence-electron chi connectivity index (χ4n) is 8.33. The van der Waals surface area contributed by atoms with E-state index in [2.05, 4.69) is 32.2 Å². The Labute approximate surface area is 284 Å². The molecule has 2 aliphatic carbocycles. The van der Waals surface area contributed by atoms with E-state index in [1.807, 2.05) is 19.9 Å². The molecule has 2 saturated carbocycles. The number of ketones is 1. The lowest BCUT2D eigenvalue weighted by atomic mass is 9.44. The third kappa shape index (κ3) is 6.26. The van der Waals surface area contributed by atoms with Crippen LogP contribution in [-0.4, -0.2) is 100 Å². The van der Waals surface area contributed by atoms with Crippen LogP contribution < -0.4 is 11.1 Å². The molecule has 8 atom stereocenters. The van der Waals surface area contributed by atoms with Crippen molar-refractivity contribution in [1.29, 1.82) is 0 Å². The van der Waals surface area contributed by atoms with Crippen molar-refractivity contribution in [3.05, 3.63) is 47.5 Å². The summed E-state index contributed by atoms with van der Waals surface area (Å²) in [4.78, 5) is 55.9. The summed E-state index contributed by atoms with van der Waals surface area (Å²) in [6.07, 6.45) is 10.6. The zero-order valence-electron chi connectivity index (χ0n) is 28.2. The number of carbonyl (C=O) groups is 3. The van der Waals surface area contributed by atoms with Gasteiger partial charge in [-0.1, -0.05) is 26.0 Å². The van der Waals surface area contributed by atoms with Crippen molar-refractivity contribution in [3.63, 3.8) is 0 Å². The lowest BCUT2D eigenvalue weighted by molar-refractivity contribution is -0.174. The summed E-state index contributed by atoms with van der Waals surface area (Å²) in [5.74, 6) is -1.33. The zero-order valence-corrected chi connectivity index (χ0v) is 28.2. The molecular formula is C35H44N6O8. The largest absolute Gasteiger partial charge is 0.462 e. The van der Waals surface area contributed by atoms with Crippen molar-refractivity contribution in [2.75, 3.05) is 32.1 Å². The Morgan fingerprint density at radius 3 is 2.63 bits per heavy atom. The summed E-state index contributed by atoms with van der Waals surface area (Å²) in [5, 5.41) is 25.4. The molecule has 14 heteroatoms. The fraction of sp³-hybridized carbons (Fsp3) is 0.571. The zero-order chi connectivity index (χ0) is 35.1. The number of fused-ring (bicyclic) bond motifs is 1. The van der Waals surface area contributed by atoms with Crippen LogP contribution in [0.3, 0.4) is 0 Å². The fourth-order valence-corrected chi connectivity index (χ4v) is 8.33. The molecule has 1 spiro atoms. The third-order valence-corrected chi connectivity index (χ3v) is 11.2. The number of ether oxygens (including phenoxy) is 3. The highest BCUT2D eigenvalue weighted by Crippen LogP contribution is 2.65. The number of amidine groups is 1. The normalized spacial score (nSPS) is 35.1. The maximum absolute atomic E-state index is 13.2. The Bertz CT molecular complexity index is 1660. The highest BCUT2D eigenvalue weighted by atomic mass is 16.6. The number of nitrogens with zero attached hydrogens (tertiary/aromatic N) is 4. The van der Waals surface area contributed by atoms with Gasteiger partial charge in [-0.25, -0.2) is 24.5 Å². The molecule has 1 aromatic rings. The first kappa shape index (κ1) is 34.7. The van der Waals surface area contributed by atoms with E-state index in [-0.39, 0.29) is 71.7 Å². The minimum absolute atomic E-state index is 0.00156. The van der Waals surface area contributed by atoms with Gasteiger partial charge in [-0.3, -0.25) is 9.79 Å². The van der Waals surface area contributed by atoms with E-state index in [9.17, 15) is 24.6 Å². The van der Waals surface area contributed by atoms with Crippen LogP contribution in [0.2, 0.25) is 0 Å². The number of rotatable bonds is 11. The number of epoxide rings is 1. The molecule has 4 heterocycles. The average Bonchev–Trinajstić information content (AvgIpc) is 3.52. The van der Waals surface area contributed by atoms with Crippen LogP contribution in [0.25, 0.3) is 5.57 Å². The number of aromatic nitrogens is 2. The highest BCUT2D eigenvalue weighted by Gasteiger charge is 2.70. The molecule has 0 bridgehead atoms. The molecule has 262 valence electrons. The van der Waals surface area contributed by atoms with Crippen molar-refractivity contribution in [1.82, 2.24) is 15.3 Å². The summed E-state index contributed by atoms with van der Waals surface area (Å²) in [5.41, 5.74) is 4.16. The van der Waals surface area contributed by atoms with E-state index in [1.54, 1.807) is 19.2 Å². The summed E-state index contributed by atoms with van der Waals surface area (Å²) in [6, 6.07) is -0.837. The lowest BCUT2D eigenvalue weighted by Gasteiger charge is -2.62. The van der Waals surface area contributed by atoms with Crippen molar-refractivity contribution in [3.8, 4) is 0 Å². The first-order chi connectivity index (χ1) is 23.4. The van der Waals surface area contributed by atoms with Crippen LogP contribution in [0.4, 0.5) is 5.95 Å². The van der Waals surface area contributed by atoms with Crippen LogP contribution >= 0.6 is 0 Å². The number of allylic oxidation sites excluding steroid dienone is 1. The van der Waals surface area contributed by atoms with Gasteiger partial charge in [-0.2, -0.15) is 0 Å². The topological polar surface area (TPSA) is 211 Å². The van der Waals surface area contributed by atoms with E-state index >= 15 is 0 Å². The van der Waals surface area contributed by atoms with E-state index in [4.69, 9.17) is 19.9 Å². The molecule has 5 unspecified atom stereocenters. The molecule has 49 heavy (non-hydrogen) atoms. The quantitative estimate of drug-likeness (QED) is 0.150. The number of aliphatic hydroxyl groups excluding tert-OH is 2. The molecule has 3 aliphatic heterocycles. The molecule has 0 amide bonds. The minimum atomic E-state index is -0.812. The molecule has 0 radical (unpaired) electrons. The standard InChI is InChI=1S/C35H44N6O8/c1-5-47-31(46)29(21-15-39-32(36)40-16-21)23-12-20(30(45)49-23)6-7-24-33(3)9-8-27(44)34(4,17-42)25(33)14-26(35(24)18-48-35)41-19(2)22(43)13-28-37-10-11-38-28/h6-7,10,12,15-16,19,24-27,41-42,44H,5,8-9,11,13-14,17-18H2,1-4H3,(H2,36,39,40)/b7-6+,29-23-/t19?,24?,25?,26?,27-,33-,34+,35?/m1/s1. The number of hydrogen-bond donors (Lipinski definition) is 4. The second-order valence-corrected chi connectivity index (χ2v) is 14.0. The molecule has 6 rings (SSSR count). The van der Waals surface area contributed by atoms with Gasteiger partial charge in [-0.05, 0) is 50.5 Å². The predicted molar refractivity (Wildman–Crippen MR) is 179 cm³/mol. The van der Waals surface area contributed by atoms with E-state index in [0.717, 1.165) is 0 Å². The van der Waals surface area contributed by atoms with Gasteiger partial charge in [-0.15, -0.1) is 0 Å². The van der Waals surface area contributed by atoms with E-state index < -0.39 is 40.5 Å². The third-order valence-electron chi connectivity index (χ3n) is 11.2. The van der Waals surface area contributed by atoms with Gasteiger partial charge in [0.05, 0.1) is 50.5 Å². The average molecular weight is 677 g/mol. The molecule has 5 aliphatic rings. The summed E-state index contributed by atoms with van der Waals surface area (Å²) in [7, 11) is 0. The van der Waals surface area contributed by atoms with Gasteiger partial charge in [0, 0.05) is 41.5 Å². The number of hydrogen-bond acceptors (Lipinski definition) is 14. The number of carbonyl (C=O) groups excluding carboxylic acids is 3. The van der Waals surface area contributed by atoms with Crippen molar-refractivity contribution >= 4 is 41.3 Å². The second-order valence-electron chi connectivity index (χ2n) is 14.0. The number of nitrogen functional groups attached to an aromatic ring is 1. The molecule has 5 N–H and O–H groups in total. The monoisotopic (exact) mass is 676 g/mol. The van der Waals surface area contributed by atoms with Gasteiger partial charge in [0.2, 0.25) is 5.95 Å². The smallest absolute Gasteiger partial charge is 0.343 e. The molecule has 1 saturated heterocycles. The SMILES string of the molecule is CCOC(=O)/C(=C1C=C(/C=C/C2C3(CO3)C(NC(C)C(=O)CC3=NCC=N3)CC3[C@]2(C)CC[C@@H](O)[C@@]3(C)CO)C(=O)O/1)c1cnc(N)nc1. The molecular weight excluding hydrogens is 632 g/mol. The maximum atomic E-state index is 13.2. The van der Waals surface area contributed by atoms with Crippen LogP contribution in [0.5, 0.6) is 0 Å².